The highest BCUT2D eigenvalue weighted by molar-refractivity contribution is 6.05. The van der Waals surface area contributed by atoms with E-state index in [1.165, 1.54) is 24.3 Å². The highest BCUT2D eigenvalue weighted by atomic mass is 19.3. The molecule has 5 nitrogen and oxygen atoms in total. The molecule has 0 fully saturated rings. The van der Waals surface area contributed by atoms with Crippen LogP contribution in [0.5, 0.6) is 5.75 Å². The Balaban J connectivity index is 2.94. The number of alkyl halides is 2. The van der Waals surface area contributed by atoms with Gasteiger partial charge in [-0.3, -0.25) is 10.1 Å². The summed E-state index contributed by atoms with van der Waals surface area (Å²) in [4.78, 5) is 21.7. The van der Waals surface area contributed by atoms with Gasteiger partial charge in [-0.05, 0) is 12.1 Å². The molecule has 0 aromatic heterocycles. The van der Waals surface area contributed by atoms with Crippen LogP contribution < -0.4 is 15.8 Å². The zero-order chi connectivity index (χ0) is 12.1. The average Bonchev–Trinajstić information content (AvgIpc) is 2.16. The quantitative estimate of drug-likeness (QED) is 0.815. The Morgan fingerprint density at radius 3 is 2.50 bits per heavy atom. The highest BCUT2D eigenvalue weighted by Crippen LogP contribution is 2.19. The molecule has 0 aliphatic heterocycles. The topological polar surface area (TPSA) is 81.4 Å². The molecule has 0 saturated carbocycles. The smallest absolute Gasteiger partial charge is 0.387 e. The van der Waals surface area contributed by atoms with Crippen LogP contribution in [0.4, 0.5) is 13.6 Å². The summed E-state index contributed by atoms with van der Waals surface area (Å²) in [6.45, 7) is -3.05. The molecule has 0 atom stereocenters. The molecule has 3 N–H and O–H groups in total. The Kier molecular flexibility index (Phi) is 3.76. The fraction of sp³-hybridized carbons (Fsp3) is 0.111. The second kappa shape index (κ2) is 5.06. The van der Waals surface area contributed by atoms with E-state index in [1.807, 2.05) is 0 Å². The van der Waals surface area contributed by atoms with Gasteiger partial charge in [-0.1, -0.05) is 12.1 Å². The van der Waals surface area contributed by atoms with Crippen molar-refractivity contribution in [2.45, 2.75) is 6.61 Å². The van der Waals surface area contributed by atoms with E-state index in [2.05, 4.69) is 4.74 Å². The Morgan fingerprint density at radius 2 is 1.94 bits per heavy atom. The third kappa shape index (κ3) is 3.19. The molecule has 16 heavy (non-hydrogen) atoms. The summed E-state index contributed by atoms with van der Waals surface area (Å²) < 4.78 is 28.1. The first-order valence-corrected chi connectivity index (χ1v) is 4.15. The van der Waals surface area contributed by atoms with E-state index in [4.69, 9.17) is 5.73 Å². The number of amides is 3. The van der Waals surface area contributed by atoms with Crippen molar-refractivity contribution in [3.63, 3.8) is 0 Å². The fourth-order valence-electron chi connectivity index (χ4n) is 1.03. The summed E-state index contributed by atoms with van der Waals surface area (Å²) >= 11 is 0. The van der Waals surface area contributed by atoms with Crippen LogP contribution in [0, 0.1) is 0 Å². The summed E-state index contributed by atoms with van der Waals surface area (Å²) in [5, 5.41) is 1.75. The van der Waals surface area contributed by atoms with E-state index in [1.54, 1.807) is 5.32 Å². The van der Waals surface area contributed by atoms with Crippen LogP contribution in [-0.4, -0.2) is 18.5 Å². The number of ether oxygens (including phenoxy) is 1. The van der Waals surface area contributed by atoms with E-state index in [0.717, 1.165) is 0 Å². The van der Waals surface area contributed by atoms with Gasteiger partial charge in [0, 0.05) is 0 Å². The molecule has 0 unspecified atom stereocenters. The van der Waals surface area contributed by atoms with E-state index in [-0.39, 0.29) is 11.3 Å². The minimum absolute atomic E-state index is 0.193. The standard InChI is InChI=1S/C9H8F2N2O3/c10-8(11)16-6-4-2-1-3-5(6)7(14)13-9(12)15/h1-4,8H,(H3,12,13,14,15). The number of carbonyl (C=O) groups excluding carboxylic acids is 2. The van der Waals surface area contributed by atoms with Gasteiger partial charge in [0.2, 0.25) is 0 Å². The molecule has 7 heteroatoms. The lowest BCUT2D eigenvalue weighted by atomic mass is 10.2. The predicted octanol–water partition coefficient (Wildman–Crippen LogP) is 1.10. The van der Waals surface area contributed by atoms with E-state index in [9.17, 15) is 18.4 Å². The minimum Gasteiger partial charge on any atom is -0.434 e. The van der Waals surface area contributed by atoms with Crippen molar-refractivity contribution in [3.05, 3.63) is 29.8 Å². The van der Waals surface area contributed by atoms with Gasteiger partial charge < -0.3 is 10.5 Å². The minimum atomic E-state index is -3.05. The predicted molar refractivity (Wildman–Crippen MR) is 50.1 cm³/mol. The normalized spacial score (nSPS) is 9.94. The molecule has 86 valence electrons. The number of carbonyl (C=O) groups is 2. The Bertz CT molecular complexity index is 409. The van der Waals surface area contributed by atoms with Crippen molar-refractivity contribution in [2.24, 2.45) is 5.73 Å². The lowest BCUT2D eigenvalue weighted by molar-refractivity contribution is -0.0501. The third-order valence-corrected chi connectivity index (χ3v) is 1.58. The van der Waals surface area contributed by atoms with Gasteiger partial charge in [0.15, 0.2) is 0 Å². The maximum atomic E-state index is 12.0. The van der Waals surface area contributed by atoms with Crippen LogP contribution in [-0.2, 0) is 0 Å². The number of rotatable bonds is 3. The number of benzene rings is 1. The van der Waals surface area contributed by atoms with Crippen molar-refractivity contribution < 1.29 is 23.1 Å². The van der Waals surface area contributed by atoms with Crippen LogP contribution in [0.3, 0.4) is 0 Å². The second-order valence-electron chi connectivity index (χ2n) is 2.69. The molecule has 0 aliphatic carbocycles. The molecule has 0 saturated heterocycles. The molecule has 0 spiro atoms. The lowest BCUT2D eigenvalue weighted by Crippen LogP contribution is -2.35. The van der Waals surface area contributed by atoms with Crippen molar-refractivity contribution >= 4 is 11.9 Å². The highest BCUT2D eigenvalue weighted by Gasteiger charge is 2.15. The number of nitrogens with one attached hydrogen (secondary N) is 1. The van der Waals surface area contributed by atoms with Crippen LogP contribution in [0.1, 0.15) is 10.4 Å². The van der Waals surface area contributed by atoms with Gasteiger partial charge in [-0.25, -0.2) is 4.79 Å². The average molecular weight is 230 g/mol. The summed E-state index contributed by atoms with van der Waals surface area (Å²) in [6, 6.07) is 4.20. The second-order valence-corrected chi connectivity index (χ2v) is 2.69. The van der Waals surface area contributed by atoms with Crippen LogP contribution in [0.15, 0.2) is 24.3 Å². The van der Waals surface area contributed by atoms with Crippen LogP contribution >= 0.6 is 0 Å². The Labute approximate surface area is 89.2 Å². The van der Waals surface area contributed by atoms with E-state index < -0.39 is 18.5 Å². The van der Waals surface area contributed by atoms with Crippen molar-refractivity contribution in [1.82, 2.24) is 5.32 Å². The van der Waals surface area contributed by atoms with E-state index in [0.29, 0.717) is 0 Å². The van der Waals surface area contributed by atoms with Gasteiger partial charge in [-0.15, -0.1) is 0 Å². The number of imide groups is 1. The first-order chi connectivity index (χ1) is 7.50. The monoisotopic (exact) mass is 230 g/mol. The molecule has 1 aromatic carbocycles. The molecule has 0 radical (unpaired) electrons. The van der Waals surface area contributed by atoms with Gasteiger partial charge in [0.25, 0.3) is 5.91 Å². The number of hydrogen-bond donors (Lipinski definition) is 2. The van der Waals surface area contributed by atoms with Crippen molar-refractivity contribution in [3.8, 4) is 5.75 Å². The number of urea groups is 1. The number of nitrogens with two attached hydrogens (primary N) is 1. The Hall–Kier alpha value is -2.18. The maximum absolute atomic E-state index is 12.0. The SMILES string of the molecule is NC(=O)NC(=O)c1ccccc1OC(F)F. The first kappa shape index (κ1) is 11.9. The summed E-state index contributed by atoms with van der Waals surface area (Å²) in [5.74, 6) is -1.22. The summed E-state index contributed by atoms with van der Waals surface area (Å²) in [5.41, 5.74) is 4.53. The van der Waals surface area contributed by atoms with Gasteiger partial charge in [0.1, 0.15) is 5.75 Å². The molecule has 1 rings (SSSR count). The van der Waals surface area contributed by atoms with Crippen molar-refractivity contribution in [2.75, 3.05) is 0 Å². The molecule has 0 bridgehead atoms. The zero-order valence-corrected chi connectivity index (χ0v) is 7.94. The number of hydrogen-bond acceptors (Lipinski definition) is 3. The number of para-hydroxylation sites is 1. The summed E-state index contributed by atoms with van der Waals surface area (Å²) in [6.07, 6.45) is 0. The van der Waals surface area contributed by atoms with Gasteiger partial charge >= 0.3 is 12.6 Å². The van der Waals surface area contributed by atoms with E-state index >= 15 is 0 Å². The van der Waals surface area contributed by atoms with Crippen LogP contribution in [0.25, 0.3) is 0 Å². The largest absolute Gasteiger partial charge is 0.434 e. The number of primary amides is 1. The van der Waals surface area contributed by atoms with Crippen molar-refractivity contribution in [1.29, 1.82) is 0 Å². The molecular weight excluding hydrogens is 222 g/mol. The number of halogens is 2. The maximum Gasteiger partial charge on any atom is 0.387 e. The summed E-state index contributed by atoms with van der Waals surface area (Å²) in [7, 11) is 0. The van der Waals surface area contributed by atoms with Crippen LogP contribution in [0.2, 0.25) is 0 Å². The van der Waals surface area contributed by atoms with Gasteiger partial charge in [0.05, 0.1) is 5.56 Å². The Morgan fingerprint density at radius 1 is 1.31 bits per heavy atom. The molecule has 1 aromatic rings. The fourth-order valence-corrected chi connectivity index (χ4v) is 1.03. The molecule has 3 amide bonds. The first-order valence-electron chi connectivity index (χ1n) is 4.15. The molecule has 0 heterocycles. The lowest BCUT2D eigenvalue weighted by Gasteiger charge is -2.09. The molecule has 0 aliphatic rings. The third-order valence-electron chi connectivity index (χ3n) is 1.58. The van der Waals surface area contributed by atoms with Gasteiger partial charge in [-0.2, -0.15) is 8.78 Å². The molecular formula is C9H8F2N2O3. The zero-order valence-electron chi connectivity index (χ0n) is 7.94.